The molecule has 0 heterocycles. The van der Waals surface area contributed by atoms with Crippen LogP contribution in [0.15, 0.2) is 0 Å². The predicted octanol–water partition coefficient (Wildman–Crippen LogP) is 25.2. The van der Waals surface area contributed by atoms with E-state index in [0.717, 1.165) is 114 Å². The minimum absolute atomic E-state index is 0.107. The van der Waals surface area contributed by atoms with Crippen molar-refractivity contribution in [3.8, 4) is 0 Å². The van der Waals surface area contributed by atoms with Crippen molar-refractivity contribution in [3.63, 3.8) is 0 Å². The van der Waals surface area contributed by atoms with E-state index < -0.39 is 97.5 Å². The van der Waals surface area contributed by atoms with Gasteiger partial charge in [-0.1, -0.05) is 383 Å². The van der Waals surface area contributed by atoms with Crippen LogP contribution in [0, 0.1) is 23.7 Å². The third-order valence-electron chi connectivity index (χ3n) is 20.3. The van der Waals surface area contributed by atoms with Crippen molar-refractivity contribution in [2.45, 2.75) is 453 Å². The summed E-state index contributed by atoms with van der Waals surface area (Å²) in [6.07, 6.45) is 61.0. The number of hydrogen-bond donors (Lipinski definition) is 3. The number of carbonyl (C=O) groups excluding carboxylic acids is 4. The van der Waals surface area contributed by atoms with Gasteiger partial charge in [0.05, 0.1) is 26.4 Å². The van der Waals surface area contributed by atoms with Gasteiger partial charge in [-0.3, -0.25) is 37.3 Å². The molecule has 7 atom stereocenters. The van der Waals surface area contributed by atoms with Gasteiger partial charge in [-0.2, -0.15) is 0 Å². The Morgan fingerprint density at radius 3 is 0.689 bits per heavy atom. The second-order valence-electron chi connectivity index (χ2n) is 31.7. The Morgan fingerprint density at radius 1 is 0.272 bits per heavy atom. The molecule has 0 radical (unpaired) electrons. The van der Waals surface area contributed by atoms with Gasteiger partial charge in [0.25, 0.3) is 0 Å². The average Bonchev–Trinajstić information content (AvgIpc) is 0.964. The molecule has 612 valence electrons. The highest BCUT2D eigenvalue weighted by molar-refractivity contribution is 7.47. The Bertz CT molecular complexity index is 2010. The average molecular weight is 1510 g/mol. The minimum Gasteiger partial charge on any atom is -0.462 e. The van der Waals surface area contributed by atoms with Crippen LogP contribution in [-0.4, -0.2) is 96.7 Å². The molecule has 0 spiro atoms. The molecular weight excluding hydrogens is 1340 g/mol. The SMILES string of the molecule is CCC(C)CCCCCCCCCCCCCCCCC(=O)O[C@H](COC(=O)CCCCCCCCCCCCC(C)CC)COP(=O)(O)OCC(O)COP(=O)(O)OC[C@@H](COC(=O)CCCCCCCCCC(C)C)OC(=O)CCCCCCCCCCCCCCCCCCCCC(C)C. The summed E-state index contributed by atoms with van der Waals surface area (Å²) >= 11 is 0. The van der Waals surface area contributed by atoms with Crippen LogP contribution in [0.4, 0.5) is 0 Å². The van der Waals surface area contributed by atoms with Gasteiger partial charge in [0.15, 0.2) is 12.2 Å². The number of aliphatic hydroxyl groups is 1. The number of carbonyl (C=O) groups is 4. The zero-order valence-electron chi connectivity index (χ0n) is 68.0. The van der Waals surface area contributed by atoms with Gasteiger partial charge >= 0.3 is 39.5 Å². The first-order valence-corrected chi connectivity index (χ1v) is 46.3. The van der Waals surface area contributed by atoms with Crippen molar-refractivity contribution in [1.82, 2.24) is 0 Å². The zero-order chi connectivity index (χ0) is 76.0. The largest absolute Gasteiger partial charge is 0.472 e. The van der Waals surface area contributed by atoms with E-state index in [1.54, 1.807) is 0 Å². The quantitative estimate of drug-likeness (QED) is 0.0222. The number of hydrogen-bond acceptors (Lipinski definition) is 15. The third-order valence-corrected chi connectivity index (χ3v) is 22.2. The lowest BCUT2D eigenvalue weighted by Gasteiger charge is -2.21. The van der Waals surface area contributed by atoms with Crippen molar-refractivity contribution in [2.75, 3.05) is 39.6 Å². The maximum Gasteiger partial charge on any atom is 0.472 e. The zero-order valence-corrected chi connectivity index (χ0v) is 69.7. The molecule has 5 unspecified atom stereocenters. The fourth-order valence-corrected chi connectivity index (χ4v) is 14.5. The molecule has 0 aromatic carbocycles. The number of phosphoric ester groups is 2. The van der Waals surface area contributed by atoms with Crippen LogP contribution in [-0.2, 0) is 65.4 Å². The van der Waals surface area contributed by atoms with Crippen LogP contribution in [0.25, 0.3) is 0 Å². The Hall–Kier alpha value is -1.94. The summed E-state index contributed by atoms with van der Waals surface area (Å²) in [7, 11) is -9.93. The fraction of sp³-hybridized carbons (Fsp3) is 0.952. The molecule has 17 nitrogen and oxygen atoms in total. The second-order valence-corrected chi connectivity index (χ2v) is 34.6. The summed E-state index contributed by atoms with van der Waals surface area (Å²) in [5.74, 6) is 1.07. The number of esters is 4. The fourth-order valence-electron chi connectivity index (χ4n) is 12.9. The lowest BCUT2D eigenvalue weighted by atomic mass is 9.99. The maximum absolute atomic E-state index is 13.1. The van der Waals surface area contributed by atoms with Gasteiger partial charge in [-0.05, 0) is 49.4 Å². The summed E-state index contributed by atoms with van der Waals surface area (Å²) < 4.78 is 68.8. The number of unbranched alkanes of at least 4 members (excludes halogenated alkanes) is 45. The van der Waals surface area contributed by atoms with Crippen molar-refractivity contribution in [3.05, 3.63) is 0 Å². The molecule has 19 heteroatoms. The van der Waals surface area contributed by atoms with E-state index >= 15 is 0 Å². The molecule has 103 heavy (non-hydrogen) atoms. The van der Waals surface area contributed by atoms with E-state index in [9.17, 15) is 43.2 Å². The lowest BCUT2D eigenvalue weighted by Crippen LogP contribution is -2.30. The molecule has 0 bridgehead atoms. The lowest BCUT2D eigenvalue weighted by molar-refractivity contribution is -0.161. The van der Waals surface area contributed by atoms with Crippen molar-refractivity contribution in [1.29, 1.82) is 0 Å². The normalized spacial score (nSPS) is 14.5. The van der Waals surface area contributed by atoms with E-state index in [-0.39, 0.29) is 25.7 Å². The van der Waals surface area contributed by atoms with Crippen molar-refractivity contribution in [2.24, 2.45) is 23.7 Å². The monoisotopic (exact) mass is 1510 g/mol. The van der Waals surface area contributed by atoms with Crippen molar-refractivity contribution < 1.29 is 80.2 Å². The number of rotatable bonds is 81. The van der Waals surface area contributed by atoms with Gasteiger partial charge in [0.2, 0.25) is 0 Å². The molecule has 0 saturated heterocycles. The number of ether oxygens (including phenoxy) is 4. The highest BCUT2D eigenvalue weighted by Gasteiger charge is 2.30. The predicted molar refractivity (Wildman–Crippen MR) is 423 cm³/mol. The van der Waals surface area contributed by atoms with E-state index in [1.165, 1.54) is 231 Å². The van der Waals surface area contributed by atoms with Crippen LogP contribution >= 0.6 is 15.6 Å². The molecule has 0 amide bonds. The smallest absolute Gasteiger partial charge is 0.462 e. The molecule has 0 aromatic heterocycles. The molecule has 0 aromatic rings. The summed E-state index contributed by atoms with van der Waals surface area (Å²) in [6.45, 7) is 14.3. The summed E-state index contributed by atoms with van der Waals surface area (Å²) in [4.78, 5) is 73.1. The summed E-state index contributed by atoms with van der Waals surface area (Å²) in [5, 5.41) is 10.7. The van der Waals surface area contributed by atoms with Crippen LogP contribution < -0.4 is 0 Å². The Balaban J connectivity index is 5.22. The van der Waals surface area contributed by atoms with Crippen LogP contribution in [0.1, 0.15) is 434 Å². The first kappa shape index (κ1) is 101. The Labute approximate surface area is 632 Å². The molecule has 0 rings (SSSR count). The van der Waals surface area contributed by atoms with Crippen LogP contribution in [0.3, 0.4) is 0 Å². The van der Waals surface area contributed by atoms with Crippen LogP contribution in [0.5, 0.6) is 0 Å². The molecule has 0 fully saturated rings. The Morgan fingerprint density at radius 2 is 0.466 bits per heavy atom. The minimum atomic E-state index is -4.96. The maximum atomic E-state index is 13.1. The topological polar surface area (TPSA) is 237 Å². The van der Waals surface area contributed by atoms with Crippen molar-refractivity contribution >= 4 is 39.5 Å². The first-order valence-electron chi connectivity index (χ1n) is 43.3. The summed E-state index contributed by atoms with van der Waals surface area (Å²) in [5.41, 5.74) is 0. The number of aliphatic hydroxyl groups excluding tert-OH is 1. The van der Waals surface area contributed by atoms with E-state index in [1.807, 2.05) is 0 Å². The molecular formula is C84H164O17P2. The summed E-state index contributed by atoms with van der Waals surface area (Å²) in [6, 6.07) is 0. The molecule has 0 saturated carbocycles. The van der Waals surface area contributed by atoms with Gasteiger partial charge in [0, 0.05) is 25.7 Å². The Kier molecular flexibility index (Phi) is 71.5. The molecule has 0 aliphatic rings. The van der Waals surface area contributed by atoms with Gasteiger partial charge in [0.1, 0.15) is 19.3 Å². The van der Waals surface area contributed by atoms with Crippen LogP contribution in [0.2, 0.25) is 0 Å². The van der Waals surface area contributed by atoms with Gasteiger partial charge in [-0.25, -0.2) is 9.13 Å². The van der Waals surface area contributed by atoms with E-state index in [4.69, 9.17) is 37.0 Å². The first-order chi connectivity index (χ1) is 49.7. The molecule has 0 aliphatic heterocycles. The third kappa shape index (κ3) is 75.3. The highest BCUT2D eigenvalue weighted by atomic mass is 31.2. The number of phosphoric acid groups is 2. The van der Waals surface area contributed by atoms with Gasteiger partial charge < -0.3 is 33.8 Å². The molecule has 3 N–H and O–H groups in total. The highest BCUT2D eigenvalue weighted by Crippen LogP contribution is 2.45. The standard InChI is InChI=1S/C84H164O17P2/c1-9-76(7)62-54-46-38-30-24-20-17-18-22-26-34-42-51-59-67-83(88)100-79(70-94-81(86)64-56-48-40-32-28-27-31-39-47-55-63-77(8)10-2)72-98-102(90,91)96-68-78(85)69-97-103(92,93)99-73-80(71-95-82(87)65-57-49-43-35-37-45-53-61-75(5)6)101-84(89)66-58-50-41-33-25-21-16-14-12-11-13-15-19-23-29-36-44-52-60-74(3)4/h74-80,85H,9-73H2,1-8H3,(H,90,91)(H,92,93)/t76?,77?,78?,79-,80-/m1/s1. The molecule has 0 aliphatic carbocycles. The van der Waals surface area contributed by atoms with Gasteiger partial charge in [-0.15, -0.1) is 0 Å². The van der Waals surface area contributed by atoms with E-state index in [0.29, 0.717) is 31.6 Å². The second kappa shape index (κ2) is 72.9. The van der Waals surface area contributed by atoms with E-state index in [2.05, 4.69) is 55.4 Å².